The number of likely N-dealkylation sites (tertiary alicyclic amines) is 1. The molecule has 1 amide bonds. The highest BCUT2D eigenvalue weighted by atomic mass is 16.2. The predicted molar refractivity (Wildman–Crippen MR) is 80.5 cm³/mol. The summed E-state index contributed by atoms with van der Waals surface area (Å²) in [6, 6.07) is 6.17. The van der Waals surface area contributed by atoms with Crippen molar-refractivity contribution in [2.24, 2.45) is 13.0 Å². The van der Waals surface area contributed by atoms with Crippen molar-refractivity contribution in [3.05, 3.63) is 36.2 Å². The van der Waals surface area contributed by atoms with Crippen molar-refractivity contribution >= 4 is 5.91 Å². The number of aromatic nitrogens is 3. The van der Waals surface area contributed by atoms with Crippen LogP contribution in [0.2, 0.25) is 0 Å². The highest BCUT2D eigenvalue weighted by molar-refractivity contribution is 5.73. The second kappa shape index (κ2) is 5.68. The van der Waals surface area contributed by atoms with Crippen molar-refractivity contribution in [1.29, 1.82) is 0 Å². The van der Waals surface area contributed by atoms with Gasteiger partial charge in [0.15, 0.2) is 0 Å². The van der Waals surface area contributed by atoms with Crippen LogP contribution in [0, 0.1) is 5.92 Å². The quantitative estimate of drug-likeness (QED) is 0.865. The Morgan fingerprint density at radius 2 is 2.24 bits per heavy atom. The van der Waals surface area contributed by atoms with Gasteiger partial charge < -0.3 is 4.90 Å². The van der Waals surface area contributed by atoms with Crippen LogP contribution < -0.4 is 0 Å². The number of hydrogen-bond donors (Lipinski definition) is 0. The second-order valence-corrected chi connectivity index (χ2v) is 5.71. The Kier molecular flexibility index (Phi) is 3.73. The molecule has 1 aliphatic heterocycles. The number of rotatable bonds is 3. The van der Waals surface area contributed by atoms with Crippen molar-refractivity contribution < 1.29 is 4.79 Å². The number of carbonyl (C=O) groups excluding carboxylic acids is 1. The lowest BCUT2D eigenvalue weighted by atomic mass is 9.98. The van der Waals surface area contributed by atoms with Gasteiger partial charge in [-0.05, 0) is 42.5 Å². The van der Waals surface area contributed by atoms with Crippen molar-refractivity contribution in [1.82, 2.24) is 19.7 Å². The topological polar surface area (TPSA) is 51.0 Å². The highest BCUT2D eigenvalue weighted by Crippen LogP contribution is 2.23. The molecule has 0 saturated carbocycles. The Balaban J connectivity index is 1.73. The summed E-state index contributed by atoms with van der Waals surface area (Å²) in [5.74, 6) is 0.735. The number of aryl methyl sites for hydroxylation is 1. The van der Waals surface area contributed by atoms with Crippen LogP contribution in [0.5, 0.6) is 0 Å². The van der Waals surface area contributed by atoms with Crippen LogP contribution in [-0.4, -0.2) is 38.7 Å². The van der Waals surface area contributed by atoms with Gasteiger partial charge in [-0.1, -0.05) is 0 Å². The van der Waals surface area contributed by atoms with Gasteiger partial charge in [0.2, 0.25) is 5.91 Å². The Hall–Kier alpha value is -2.17. The van der Waals surface area contributed by atoms with E-state index in [0.717, 1.165) is 37.3 Å². The van der Waals surface area contributed by atoms with Crippen molar-refractivity contribution in [2.75, 3.05) is 13.1 Å². The Labute approximate surface area is 124 Å². The molecule has 1 unspecified atom stereocenters. The molecule has 110 valence electrons. The SMILES string of the molecule is CC(=O)N1CCC(Cc2ccnc(-c3ccnn3C)c2)C1. The summed E-state index contributed by atoms with van der Waals surface area (Å²) in [6.45, 7) is 3.41. The molecule has 0 radical (unpaired) electrons. The first-order valence-electron chi connectivity index (χ1n) is 7.32. The first kappa shape index (κ1) is 13.8. The third-order valence-corrected chi connectivity index (χ3v) is 4.16. The summed E-state index contributed by atoms with van der Waals surface area (Å²) < 4.78 is 1.83. The molecule has 1 saturated heterocycles. The van der Waals surface area contributed by atoms with Gasteiger partial charge in [-0.2, -0.15) is 5.10 Å². The molecule has 5 heteroatoms. The maximum absolute atomic E-state index is 11.4. The highest BCUT2D eigenvalue weighted by Gasteiger charge is 2.24. The second-order valence-electron chi connectivity index (χ2n) is 5.71. The molecule has 3 heterocycles. The molecule has 1 aliphatic rings. The largest absolute Gasteiger partial charge is 0.343 e. The van der Waals surface area contributed by atoms with Gasteiger partial charge in [-0.3, -0.25) is 14.5 Å². The van der Waals surface area contributed by atoms with E-state index < -0.39 is 0 Å². The smallest absolute Gasteiger partial charge is 0.219 e. The van der Waals surface area contributed by atoms with Crippen LogP contribution in [0.3, 0.4) is 0 Å². The molecule has 1 fully saturated rings. The predicted octanol–water partition coefficient (Wildman–Crippen LogP) is 1.89. The number of nitrogens with zero attached hydrogens (tertiary/aromatic N) is 4. The first-order chi connectivity index (χ1) is 10.1. The zero-order valence-electron chi connectivity index (χ0n) is 12.5. The van der Waals surface area contributed by atoms with E-state index in [2.05, 4.69) is 22.2 Å². The lowest BCUT2D eigenvalue weighted by Crippen LogP contribution is -2.26. The molecule has 5 nitrogen and oxygen atoms in total. The van der Waals surface area contributed by atoms with E-state index in [4.69, 9.17) is 0 Å². The fourth-order valence-corrected chi connectivity index (χ4v) is 2.99. The fraction of sp³-hybridized carbons (Fsp3) is 0.438. The van der Waals surface area contributed by atoms with Crippen LogP contribution in [0.4, 0.5) is 0 Å². The van der Waals surface area contributed by atoms with E-state index in [0.29, 0.717) is 5.92 Å². The summed E-state index contributed by atoms with van der Waals surface area (Å²) in [7, 11) is 1.92. The molecule has 0 aromatic carbocycles. The van der Waals surface area contributed by atoms with E-state index in [1.807, 2.05) is 28.9 Å². The fourth-order valence-electron chi connectivity index (χ4n) is 2.99. The molecule has 1 atom stereocenters. The van der Waals surface area contributed by atoms with Crippen molar-refractivity contribution in [2.45, 2.75) is 19.8 Å². The third kappa shape index (κ3) is 2.96. The van der Waals surface area contributed by atoms with Gasteiger partial charge in [-0.15, -0.1) is 0 Å². The minimum absolute atomic E-state index is 0.183. The van der Waals surface area contributed by atoms with Gasteiger partial charge in [0.25, 0.3) is 0 Å². The van der Waals surface area contributed by atoms with Gasteiger partial charge in [0.05, 0.1) is 11.4 Å². The molecule has 0 spiro atoms. The van der Waals surface area contributed by atoms with Crippen LogP contribution >= 0.6 is 0 Å². The molecule has 21 heavy (non-hydrogen) atoms. The van der Waals surface area contributed by atoms with Crippen LogP contribution in [0.15, 0.2) is 30.6 Å². The van der Waals surface area contributed by atoms with Gasteiger partial charge >= 0.3 is 0 Å². The number of carbonyl (C=O) groups is 1. The molecule has 0 aliphatic carbocycles. The standard InChI is InChI=1S/C16H20N4O/c1-12(21)20-8-5-14(11-20)9-13-3-6-17-15(10-13)16-4-7-18-19(16)2/h3-4,6-7,10,14H,5,8-9,11H2,1-2H3. The summed E-state index contributed by atoms with van der Waals surface area (Å²) >= 11 is 0. The van der Waals surface area contributed by atoms with E-state index in [-0.39, 0.29) is 5.91 Å². The number of hydrogen-bond acceptors (Lipinski definition) is 3. The molecular formula is C16H20N4O. The van der Waals surface area contributed by atoms with Crippen LogP contribution in [0.25, 0.3) is 11.4 Å². The lowest BCUT2D eigenvalue weighted by molar-refractivity contribution is -0.127. The third-order valence-electron chi connectivity index (χ3n) is 4.16. The first-order valence-corrected chi connectivity index (χ1v) is 7.32. The van der Waals surface area contributed by atoms with Crippen LogP contribution in [-0.2, 0) is 18.3 Å². The molecule has 0 N–H and O–H groups in total. The Morgan fingerprint density at radius 3 is 2.90 bits per heavy atom. The molecule has 3 rings (SSSR count). The Bertz CT molecular complexity index is 649. The zero-order valence-corrected chi connectivity index (χ0v) is 12.5. The van der Waals surface area contributed by atoms with E-state index >= 15 is 0 Å². The van der Waals surface area contributed by atoms with Crippen molar-refractivity contribution in [3.63, 3.8) is 0 Å². The van der Waals surface area contributed by atoms with Gasteiger partial charge in [0, 0.05) is 39.5 Å². The Morgan fingerprint density at radius 1 is 1.38 bits per heavy atom. The molecule has 0 bridgehead atoms. The van der Waals surface area contributed by atoms with Crippen molar-refractivity contribution in [3.8, 4) is 11.4 Å². The van der Waals surface area contributed by atoms with Gasteiger partial charge in [0.1, 0.15) is 0 Å². The summed E-state index contributed by atoms with van der Waals surface area (Å²) in [4.78, 5) is 17.8. The minimum atomic E-state index is 0.183. The average molecular weight is 284 g/mol. The van der Waals surface area contributed by atoms with Gasteiger partial charge in [-0.25, -0.2) is 0 Å². The normalized spacial score (nSPS) is 18.2. The maximum Gasteiger partial charge on any atom is 0.219 e. The average Bonchev–Trinajstić information content (AvgIpc) is 3.08. The zero-order chi connectivity index (χ0) is 14.8. The van der Waals surface area contributed by atoms with Crippen LogP contribution in [0.1, 0.15) is 18.9 Å². The maximum atomic E-state index is 11.4. The number of amides is 1. The molecule has 2 aromatic rings. The monoisotopic (exact) mass is 284 g/mol. The molecular weight excluding hydrogens is 264 g/mol. The van der Waals surface area contributed by atoms with E-state index in [9.17, 15) is 4.79 Å². The molecule has 2 aromatic heterocycles. The summed E-state index contributed by atoms with van der Waals surface area (Å²) in [6.07, 6.45) is 5.72. The summed E-state index contributed by atoms with van der Waals surface area (Å²) in [5.41, 5.74) is 3.25. The summed E-state index contributed by atoms with van der Waals surface area (Å²) in [5, 5.41) is 4.19. The lowest BCUT2D eigenvalue weighted by Gasteiger charge is -2.14. The van der Waals surface area contributed by atoms with E-state index in [1.165, 1.54) is 5.56 Å². The minimum Gasteiger partial charge on any atom is -0.343 e. The number of pyridine rings is 1. The van der Waals surface area contributed by atoms with E-state index in [1.54, 1.807) is 13.1 Å².